The van der Waals surface area contributed by atoms with Gasteiger partial charge in [-0.1, -0.05) is 22.0 Å². The number of hydrogen-bond donors (Lipinski definition) is 1. The molecule has 0 saturated carbocycles. The van der Waals surface area contributed by atoms with Gasteiger partial charge in [-0.15, -0.1) is 11.3 Å². The lowest BCUT2D eigenvalue weighted by atomic mass is 10.2. The van der Waals surface area contributed by atoms with E-state index in [1.165, 1.54) is 12.0 Å². The Morgan fingerprint density at radius 1 is 1.32 bits per heavy atom. The quantitative estimate of drug-likeness (QED) is 0.707. The largest absolute Gasteiger partial charge is 0.495 e. The summed E-state index contributed by atoms with van der Waals surface area (Å²) in [4.78, 5) is 3.69. The molecule has 2 heterocycles. The van der Waals surface area contributed by atoms with Crippen molar-refractivity contribution in [3.63, 3.8) is 0 Å². The lowest BCUT2D eigenvalue weighted by Gasteiger charge is -2.27. The maximum Gasteiger partial charge on any atom is 0.244 e. The zero-order valence-electron chi connectivity index (χ0n) is 13.9. The molecular formula is C17H21BrN2O3S2. The van der Waals surface area contributed by atoms with Crippen molar-refractivity contribution in [2.24, 2.45) is 0 Å². The summed E-state index contributed by atoms with van der Waals surface area (Å²) in [6, 6.07) is 9.12. The Kier molecular flexibility index (Phi) is 6.17. The Hall–Kier alpha value is -0.930. The first-order valence-corrected chi connectivity index (χ1v) is 11.3. The number of benzene rings is 1. The maximum atomic E-state index is 12.8. The summed E-state index contributed by atoms with van der Waals surface area (Å²) in [7, 11) is -2.20. The van der Waals surface area contributed by atoms with Gasteiger partial charge in [0, 0.05) is 15.9 Å². The fourth-order valence-electron chi connectivity index (χ4n) is 3.07. The minimum Gasteiger partial charge on any atom is -0.495 e. The van der Waals surface area contributed by atoms with Crippen LogP contribution in [0.25, 0.3) is 0 Å². The third-order valence-corrected chi connectivity index (χ3v) is 7.25. The summed E-state index contributed by atoms with van der Waals surface area (Å²) in [5, 5.41) is 2.03. The van der Waals surface area contributed by atoms with Crippen LogP contribution in [0.15, 0.2) is 45.1 Å². The summed E-state index contributed by atoms with van der Waals surface area (Å²) in [6.07, 6.45) is 2.32. The second-order valence-electron chi connectivity index (χ2n) is 5.92. The van der Waals surface area contributed by atoms with Crippen molar-refractivity contribution in [3.8, 4) is 5.75 Å². The third kappa shape index (κ3) is 4.43. The van der Waals surface area contributed by atoms with Crippen molar-refractivity contribution in [1.29, 1.82) is 0 Å². The molecule has 0 aliphatic carbocycles. The minimum atomic E-state index is -3.67. The molecule has 0 amide bonds. The molecule has 1 aliphatic heterocycles. The van der Waals surface area contributed by atoms with Gasteiger partial charge in [-0.05, 0) is 55.6 Å². The molecule has 0 spiro atoms. The monoisotopic (exact) mass is 444 g/mol. The van der Waals surface area contributed by atoms with Crippen molar-refractivity contribution in [1.82, 2.24) is 9.62 Å². The highest BCUT2D eigenvalue weighted by atomic mass is 79.9. The predicted octanol–water partition coefficient (Wildman–Crippen LogP) is 3.63. The SMILES string of the molecule is COc1ccc(Br)cc1S(=O)(=O)NCC(c1cccs1)N1CCCC1. The summed E-state index contributed by atoms with van der Waals surface area (Å²) in [5.41, 5.74) is 0. The molecule has 1 unspecified atom stereocenters. The molecule has 0 radical (unpaired) electrons. The van der Waals surface area contributed by atoms with E-state index >= 15 is 0 Å². The van der Waals surface area contributed by atoms with Crippen molar-refractivity contribution in [3.05, 3.63) is 45.1 Å². The third-order valence-electron chi connectivity index (χ3n) is 4.33. The number of methoxy groups -OCH3 is 1. The average Bonchev–Trinajstić information content (AvgIpc) is 3.29. The van der Waals surface area contributed by atoms with Gasteiger partial charge in [-0.3, -0.25) is 4.90 Å². The van der Waals surface area contributed by atoms with E-state index in [0.717, 1.165) is 25.9 Å². The molecule has 5 nitrogen and oxygen atoms in total. The zero-order chi connectivity index (χ0) is 17.9. The molecular weight excluding hydrogens is 424 g/mol. The van der Waals surface area contributed by atoms with Crippen molar-refractivity contribution in [2.45, 2.75) is 23.8 Å². The van der Waals surface area contributed by atoms with E-state index in [1.807, 2.05) is 11.4 Å². The fraction of sp³-hybridized carbons (Fsp3) is 0.412. The molecule has 1 aromatic heterocycles. The molecule has 1 N–H and O–H groups in total. The molecule has 1 saturated heterocycles. The lowest BCUT2D eigenvalue weighted by Crippen LogP contribution is -2.36. The molecule has 25 heavy (non-hydrogen) atoms. The van der Waals surface area contributed by atoms with E-state index in [-0.39, 0.29) is 10.9 Å². The van der Waals surface area contributed by atoms with Gasteiger partial charge >= 0.3 is 0 Å². The number of likely N-dealkylation sites (tertiary alicyclic amines) is 1. The first-order valence-electron chi connectivity index (χ1n) is 8.12. The van der Waals surface area contributed by atoms with Gasteiger partial charge in [-0.25, -0.2) is 13.1 Å². The summed E-state index contributed by atoms with van der Waals surface area (Å²) >= 11 is 4.99. The topological polar surface area (TPSA) is 58.6 Å². The Bertz CT molecular complexity index is 803. The van der Waals surface area contributed by atoms with Crippen LogP contribution in [-0.2, 0) is 10.0 Å². The minimum absolute atomic E-state index is 0.0652. The first kappa shape index (κ1) is 18.8. The first-order chi connectivity index (χ1) is 12.0. The molecule has 1 aliphatic rings. The van der Waals surface area contributed by atoms with Crippen LogP contribution in [0.1, 0.15) is 23.8 Å². The number of nitrogens with one attached hydrogen (secondary N) is 1. The Morgan fingerprint density at radius 3 is 2.72 bits per heavy atom. The van der Waals surface area contributed by atoms with Gasteiger partial charge in [0.1, 0.15) is 10.6 Å². The second kappa shape index (κ2) is 8.18. The second-order valence-corrected chi connectivity index (χ2v) is 9.55. The van der Waals surface area contributed by atoms with E-state index in [4.69, 9.17) is 4.74 Å². The highest BCUT2D eigenvalue weighted by molar-refractivity contribution is 9.10. The molecule has 8 heteroatoms. The van der Waals surface area contributed by atoms with Gasteiger partial charge in [0.05, 0.1) is 13.2 Å². The van der Waals surface area contributed by atoms with E-state index in [2.05, 4.69) is 31.6 Å². The van der Waals surface area contributed by atoms with Crippen LogP contribution < -0.4 is 9.46 Å². The van der Waals surface area contributed by atoms with Crippen molar-refractivity contribution in [2.75, 3.05) is 26.7 Å². The van der Waals surface area contributed by atoms with Crippen LogP contribution in [0, 0.1) is 0 Å². The van der Waals surface area contributed by atoms with E-state index in [0.29, 0.717) is 16.8 Å². The molecule has 136 valence electrons. The van der Waals surface area contributed by atoms with Crippen LogP contribution in [0.2, 0.25) is 0 Å². The fourth-order valence-corrected chi connectivity index (χ4v) is 5.68. The maximum absolute atomic E-state index is 12.8. The van der Waals surface area contributed by atoms with Crippen LogP contribution in [0.5, 0.6) is 5.75 Å². The summed E-state index contributed by atoms with van der Waals surface area (Å²) in [5.74, 6) is 0.338. The van der Waals surface area contributed by atoms with Gasteiger partial charge < -0.3 is 4.74 Å². The van der Waals surface area contributed by atoms with Crippen LogP contribution in [-0.4, -0.2) is 40.1 Å². The highest BCUT2D eigenvalue weighted by Gasteiger charge is 2.27. The van der Waals surface area contributed by atoms with Crippen molar-refractivity contribution < 1.29 is 13.2 Å². The molecule has 0 bridgehead atoms. The molecule has 1 fully saturated rings. The molecule has 1 aromatic carbocycles. The standard InChI is InChI=1S/C17H21BrN2O3S2/c1-23-15-7-6-13(18)11-17(15)25(21,22)19-12-14(16-5-4-10-24-16)20-8-2-3-9-20/h4-7,10-11,14,19H,2-3,8-9,12H2,1H3. The van der Waals surface area contributed by atoms with Gasteiger partial charge in [0.15, 0.2) is 0 Å². The molecule has 1 atom stereocenters. The van der Waals surface area contributed by atoms with Gasteiger partial charge in [-0.2, -0.15) is 0 Å². The molecule has 3 rings (SSSR count). The highest BCUT2D eigenvalue weighted by Crippen LogP contribution is 2.30. The number of sulfonamides is 1. The predicted molar refractivity (Wildman–Crippen MR) is 104 cm³/mol. The van der Waals surface area contributed by atoms with E-state index in [9.17, 15) is 8.42 Å². The number of rotatable bonds is 7. The normalized spacial score (nSPS) is 16.9. The number of nitrogens with zero attached hydrogens (tertiary/aromatic N) is 1. The zero-order valence-corrected chi connectivity index (χ0v) is 17.2. The number of thiophene rings is 1. The van der Waals surface area contributed by atoms with Crippen LogP contribution in [0.4, 0.5) is 0 Å². The van der Waals surface area contributed by atoms with Crippen molar-refractivity contribution >= 4 is 37.3 Å². The number of halogens is 1. The lowest BCUT2D eigenvalue weighted by molar-refractivity contribution is 0.250. The van der Waals surface area contributed by atoms with Gasteiger partial charge in [0.25, 0.3) is 0 Å². The summed E-state index contributed by atoms with van der Waals surface area (Å²) < 4.78 is 34.3. The average molecular weight is 445 g/mol. The van der Waals surface area contributed by atoms with E-state index < -0.39 is 10.0 Å². The Balaban J connectivity index is 1.81. The molecule has 2 aromatic rings. The van der Waals surface area contributed by atoms with Crippen LogP contribution in [0.3, 0.4) is 0 Å². The van der Waals surface area contributed by atoms with Gasteiger partial charge in [0.2, 0.25) is 10.0 Å². The Morgan fingerprint density at radius 2 is 2.08 bits per heavy atom. The van der Waals surface area contributed by atoms with Crippen LogP contribution >= 0.6 is 27.3 Å². The summed E-state index contributed by atoms with van der Waals surface area (Å²) in [6.45, 7) is 2.35. The Labute approximate surface area is 161 Å². The number of ether oxygens (including phenoxy) is 1. The number of hydrogen-bond acceptors (Lipinski definition) is 5. The smallest absolute Gasteiger partial charge is 0.244 e. The van der Waals surface area contributed by atoms with E-state index in [1.54, 1.807) is 29.5 Å².